The molecule has 0 saturated heterocycles. The smallest absolute Gasteiger partial charge is 0.336 e. The van der Waals surface area contributed by atoms with Crippen LogP contribution in [0.15, 0.2) is 29.3 Å². The van der Waals surface area contributed by atoms with Crippen LogP contribution in [0.4, 0.5) is 14.9 Å². The summed E-state index contributed by atoms with van der Waals surface area (Å²) < 4.78 is 40.1. The molecule has 156 valence electrons. The lowest BCUT2D eigenvalue weighted by molar-refractivity contribution is -0.121. The standard InChI is InChI=1S/C18H15ClFN5O4S/c1-9-3-12(19)17-14(4-9)24-18(27)25(30(17,28)29)8-15(26)23-10(2)16-13(20)5-11(6-21)7-22-16/h3-5,7,10H,8H2,1-2H3,(H,23,26)(H,24,27)/t10-/m0/s1. The van der Waals surface area contributed by atoms with Crippen LogP contribution in [-0.4, -0.2) is 36.2 Å². The number of urea groups is 1. The Morgan fingerprint density at radius 2 is 2.13 bits per heavy atom. The first kappa shape index (κ1) is 21.5. The van der Waals surface area contributed by atoms with Gasteiger partial charge in [-0.3, -0.25) is 9.78 Å². The van der Waals surface area contributed by atoms with Crippen molar-refractivity contribution in [1.29, 1.82) is 5.26 Å². The highest BCUT2D eigenvalue weighted by molar-refractivity contribution is 7.90. The number of sulfonamides is 1. The summed E-state index contributed by atoms with van der Waals surface area (Å²) in [6.07, 6.45) is 1.14. The Balaban J connectivity index is 1.81. The SMILES string of the molecule is Cc1cc(Cl)c2c(c1)NC(=O)N(CC(=O)N[C@@H](C)c1ncc(C#N)cc1F)S2(=O)=O. The third-order valence-corrected chi connectivity index (χ3v) is 6.52. The second-order valence-corrected chi connectivity index (χ2v) is 8.76. The van der Waals surface area contributed by atoms with Crippen LogP contribution < -0.4 is 10.6 Å². The van der Waals surface area contributed by atoms with Gasteiger partial charge in [0.2, 0.25) is 5.91 Å². The van der Waals surface area contributed by atoms with Crippen LogP contribution in [0, 0.1) is 24.1 Å². The maximum absolute atomic E-state index is 14.1. The zero-order valence-electron chi connectivity index (χ0n) is 15.7. The van der Waals surface area contributed by atoms with Crippen LogP contribution in [0.1, 0.15) is 29.8 Å². The normalized spacial score (nSPS) is 15.6. The van der Waals surface area contributed by atoms with E-state index in [4.69, 9.17) is 16.9 Å². The molecule has 0 aliphatic carbocycles. The molecule has 12 heteroatoms. The van der Waals surface area contributed by atoms with E-state index in [0.29, 0.717) is 9.87 Å². The molecule has 0 unspecified atom stereocenters. The summed E-state index contributed by atoms with van der Waals surface area (Å²) >= 11 is 6.06. The molecule has 2 heterocycles. The second-order valence-electron chi connectivity index (χ2n) is 6.56. The molecule has 1 aromatic heterocycles. The highest BCUT2D eigenvalue weighted by Gasteiger charge is 2.39. The summed E-state index contributed by atoms with van der Waals surface area (Å²) in [7, 11) is -4.39. The molecule has 3 amide bonds. The monoisotopic (exact) mass is 451 g/mol. The topological polar surface area (TPSA) is 132 Å². The van der Waals surface area contributed by atoms with Gasteiger partial charge in [0.25, 0.3) is 10.0 Å². The van der Waals surface area contributed by atoms with E-state index < -0.39 is 40.4 Å². The van der Waals surface area contributed by atoms with Crippen LogP contribution in [0.3, 0.4) is 0 Å². The summed E-state index contributed by atoms with van der Waals surface area (Å²) in [5.74, 6) is -1.67. The minimum atomic E-state index is -4.39. The molecular formula is C18H15ClFN5O4S. The number of amides is 3. The second kappa shape index (κ2) is 7.89. The van der Waals surface area contributed by atoms with Crippen molar-refractivity contribution >= 4 is 39.2 Å². The number of benzene rings is 1. The van der Waals surface area contributed by atoms with Crippen molar-refractivity contribution in [3.63, 3.8) is 0 Å². The Hall–Kier alpha value is -3.23. The summed E-state index contributed by atoms with van der Waals surface area (Å²) in [6.45, 7) is 2.26. The van der Waals surface area contributed by atoms with Crippen molar-refractivity contribution in [3.05, 3.63) is 52.1 Å². The van der Waals surface area contributed by atoms with Crippen molar-refractivity contribution < 1.29 is 22.4 Å². The van der Waals surface area contributed by atoms with Crippen molar-refractivity contribution in [2.45, 2.75) is 24.8 Å². The van der Waals surface area contributed by atoms with Gasteiger partial charge >= 0.3 is 6.03 Å². The lowest BCUT2D eigenvalue weighted by Gasteiger charge is -2.29. The summed E-state index contributed by atoms with van der Waals surface area (Å²) in [4.78, 5) is 28.2. The first-order valence-corrected chi connectivity index (χ1v) is 10.3. The number of rotatable bonds is 4. The van der Waals surface area contributed by atoms with E-state index in [2.05, 4.69) is 15.6 Å². The van der Waals surface area contributed by atoms with Gasteiger partial charge in [-0.25, -0.2) is 21.9 Å². The largest absolute Gasteiger partial charge is 0.346 e. The number of pyridine rings is 1. The molecule has 30 heavy (non-hydrogen) atoms. The zero-order chi connectivity index (χ0) is 22.2. The molecule has 1 aliphatic rings. The van der Waals surface area contributed by atoms with E-state index in [1.54, 1.807) is 13.0 Å². The van der Waals surface area contributed by atoms with Gasteiger partial charge in [-0.2, -0.15) is 5.26 Å². The number of nitrogens with one attached hydrogen (secondary N) is 2. The molecule has 1 aliphatic heterocycles. The molecule has 2 aromatic rings. The Morgan fingerprint density at radius 1 is 1.43 bits per heavy atom. The number of nitrogens with zero attached hydrogens (tertiary/aromatic N) is 3. The number of aromatic nitrogens is 1. The molecule has 1 aromatic carbocycles. The lowest BCUT2D eigenvalue weighted by Crippen LogP contribution is -2.49. The minimum Gasteiger partial charge on any atom is -0.346 e. The van der Waals surface area contributed by atoms with Gasteiger partial charge in [0.15, 0.2) is 0 Å². The fourth-order valence-electron chi connectivity index (χ4n) is 2.95. The Morgan fingerprint density at radius 3 is 2.77 bits per heavy atom. The van der Waals surface area contributed by atoms with Gasteiger partial charge < -0.3 is 10.6 Å². The maximum Gasteiger partial charge on any atom is 0.336 e. The molecule has 9 nitrogen and oxygen atoms in total. The van der Waals surface area contributed by atoms with Gasteiger partial charge in [-0.15, -0.1) is 0 Å². The summed E-state index contributed by atoms with van der Waals surface area (Å²) in [6, 6.07) is 3.62. The molecule has 1 atom stereocenters. The zero-order valence-corrected chi connectivity index (χ0v) is 17.3. The fourth-order valence-corrected chi connectivity index (χ4v) is 4.98. The molecule has 0 radical (unpaired) electrons. The quantitative estimate of drug-likeness (QED) is 0.733. The molecular weight excluding hydrogens is 437 g/mol. The number of halogens is 2. The predicted molar refractivity (Wildman–Crippen MR) is 105 cm³/mol. The van der Waals surface area contributed by atoms with E-state index in [-0.39, 0.29) is 26.9 Å². The molecule has 0 bridgehead atoms. The van der Waals surface area contributed by atoms with Crippen LogP contribution in [0.5, 0.6) is 0 Å². The number of fused-ring (bicyclic) bond motifs is 1. The number of nitriles is 1. The summed E-state index contributed by atoms with van der Waals surface area (Å²) in [5.41, 5.74) is 0.541. The van der Waals surface area contributed by atoms with E-state index in [0.717, 1.165) is 12.3 Å². The number of hydrogen-bond donors (Lipinski definition) is 2. The Labute approximate surface area is 176 Å². The van der Waals surface area contributed by atoms with Crippen molar-refractivity contribution in [2.75, 3.05) is 11.9 Å². The van der Waals surface area contributed by atoms with Crippen molar-refractivity contribution in [3.8, 4) is 6.07 Å². The third-order valence-electron chi connectivity index (χ3n) is 4.28. The minimum absolute atomic E-state index is 0.0108. The van der Waals surface area contributed by atoms with E-state index in [1.807, 2.05) is 0 Å². The number of carbonyl (C=O) groups excluding carboxylic acids is 2. The Bertz CT molecular complexity index is 1210. The number of hydrogen-bond acceptors (Lipinski definition) is 6. The first-order chi connectivity index (χ1) is 14.0. The van der Waals surface area contributed by atoms with Gasteiger partial charge in [0.05, 0.1) is 28.0 Å². The van der Waals surface area contributed by atoms with Crippen LogP contribution >= 0.6 is 11.6 Å². The molecule has 0 fully saturated rings. The van der Waals surface area contributed by atoms with E-state index in [1.165, 1.54) is 19.1 Å². The van der Waals surface area contributed by atoms with Crippen LogP contribution in [-0.2, 0) is 14.8 Å². The van der Waals surface area contributed by atoms with Crippen molar-refractivity contribution in [1.82, 2.24) is 14.6 Å². The molecule has 3 rings (SSSR count). The number of anilines is 1. The fraction of sp³-hybridized carbons (Fsp3) is 0.222. The first-order valence-electron chi connectivity index (χ1n) is 8.53. The Kier molecular flexibility index (Phi) is 5.65. The van der Waals surface area contributed by atoms with Crippen molar-refractivity contribution in [2.24, 2.45) is 0 Å². The van der Waals surface area contributed by atoms with E-state index >= 15 is 0 Å². The predicted octanol–water partition coefficient (Wildman–Crippen LogP) is 2.47. The molecule has 0 saturated carbocycles. The maximum atomic E-state index is 14.1. The van der Waals surface area contributed by atoms with Gasteiger partial charge in [-0.05, 0) is 37.6 Å². The average Bonchev–Trinajstić information content (AvgIpc) is 2.63. The lowest BCUT2D eigenvalue weighted by atomic mass is 10.1. The van der Waals surface area contributed by atoms with Gasteiger partial charge in [0, 0.05) is 6.20 Å². The number of aryl methyl sites for hydroxylation is 1. The highest BCUT2D eigenvalue weighted by Crippen LogP contribution is 2.36. The molecule has 2 N–H and O–H groups in total. The summed E-state index contributed by atoms with van der Waals surface area (Å²) in [5, 5.41) is 13.5. The van der Waals surface area contributed by atoms with Gasteiger partial charge in [-0.1, -0.05) is 11.6 Å². The van der Waals surface area contributed by atoms with Gasteiger partial charge in [0.1, 0.15) is 23.3 Å². The molecule has 0 spiro atoms. The highest BCUT2D eigenvalue weighted by atomic mass is 35.5. The third kappa shape index (κ3) is 3.92. The van der Waals surface area contributed by atoms with E-state index in [9.17, 15) is 22.4 Å². The van der Waals surface area contributed by atoms with Crippen LogP contribution in [0.25, 0.3) is 0 Å². The number of carbonyl (C=O) groups is 2. The average molecular weight is 452 g/mol. The van der Waals surface area contributed by atoms with Crippen LogP contribution in [0.2, 0.25) is 5.02 Å².